The summed E-state index contributed by atoms with van der Waals surface area (Å²) in [5.74, 6) is -0.319. The number of nitrogens with one attached hydrogen (secondary N) is 1. The largest absolute Gasteiger partial charge is 0.435 e. The number of benzene rings is 1. The minimum absolute atomic E-state index is 0.0191. The number of ether oxygens (including phenoxy) is 1. The fraction of sp³-hybridized carbons (Fsp3) is 0.385. The van der Waals surface area contributed by atoms with Gasteiger partial charge in [0.05, 0.1) is 10.4 Å². The summed E-state index contributed by atoms with van der Waals surface area (Å²) in [5, 5.41) is 2.65. The van der Waals surface area contributed by atoms with E-state index in [0.717, 1.165) is 0 Å². The number of carbonyl (C=O) groups is 1. The summed E-state index contributed by atoms with van der Waals surface area (Å²) in [7, 11) is 0. The lowest BCUT2D eigenvalue weighted by atomic mass is 9.86. The summed E-state index contributed by atoms with van der Waals surface area (Å²) in [4.78, 5) is 12.2. The molecule has 0 radical (unpaired) electrons. The van der Waals surface area contributed by atoms with Crippen LogP contribution in [0.3, 0.4) is 0 Å². The number of hydrogen-bond donors (Lipinski definition) is 2. The van der Waals surface area contributed by atoms with E-state index in [1.807, 2.05) is 0 Å². The minimum atomic E-state index is -2.88. The van der Waals surface area contributed by atoms with Crippen LogP contribution >= 0.6 is 12.2 Å². The van der Waals surface area contributed by atoms with Crippen LogP contribution in [-0.4, -0.2) is 17.5 Å². The summed E-state index contributed by atoms with van der Waals surface area (Å²) in [6, 6.07) is 5.61. The van der Waals surface area contributed by atoms with Crippen LogP contribution in [-0.2, 0) is 4.79 Å². The van der Waals surface area contributed by atoms with Crippen molar-refractivity contribution in [1.29, 1.82) is 0 Å². The van der Waals surface area contributed by atoms with E-state index >= 15 is 0 Å². The van der Waals surface area contributed by atoms with Crippen molar-refractivity contribution in [2.24, 2.45) is 11.1 Å². The Kier molecular flexibility index (Phi) is 5.38. The highest BCUT2D eigenvalue weighted by Gasteiger charge is 2.34. The van der Waals surface area contributed by atoms with Crippen molar-refractivity contribution in [2.45, 2.75) is 26.9 Å². The fourth-order valence-corrected chi connectivity index (χ4v) is 1.67. The van der Waals surface area contributed by atoms with Crippen molar-refractivity contribution in [1.82, 2.24) is 0 Å². The quantitative estimate of drug-likeness (QED) is 0.793. The summed E-state index contributed by atoms with van der Waals surface area (Å²) in [6.45, 7) is 0.575. The Morgan fingerprint density at radius 3 is 2.40 bits per heavy atom. The van der Waals surface area contributed by atoms with Gasteiger partial charge in [0.2, 0.25) is 5.91 Å². The Morgan fingerprint density at radius 2 is 2.00 bits per heavy atom. The van der Waals surface area contributed by atoms with Crippen LogP contribution in [0.2, 0.25) is 0 Å². The van der Waals surface area contributed by atoms with E-state index in [4.69, 9.17) is 18.0 Å². The van der Waals surface area contributed by atoms with E-state index in [1.165, 1.54) is 24.3 Å². The second-order valence-corrected chi connectivity index (χ2v) is 4.85. The van der Waals surface area contributed by atoms with E-state index in [1.54, 1.807) is 13.8 Å². The van der Waals surface area contributed by atoms with Crippen LogP contribution < -0.4 is 15.8 Å². The van der Waals surface area contributed by atoms with E-state index in [2.05, 4.69) is 10.1 Å². The molecular formula is C13H16F2N2O2S. The average Bonchev–Trinajstić information content (AvgIpc) is 2.39. The van der Waals surface area contributed by atoms with Crippen LogP contribution in [0.4, 0.5) is 14.5 Å². The molecular weight excluding hydrogens is 286 g/mol. The smallest absolute Gasteiger partial charge is 0.387 e. The molecule has 1 aromatic carbocycles. The number of nitrogens with two attached hydrogens (primary N) is 1. The highest BCUT2D eigenvalue weighted by molar-refractivity contribution is 7.80. The standard InChI is InChI=1S/C13H16F2N2O2S/c1-3-13(2,10(16)20)11(18)17-8-4-6-9(7-5-8)19-12(14)15/h4-7,12H,3H2,1-2H3,(H2,16,20)(H,17,18). The lowest BCUT2D eigenvalue weighted by Crippen LogP contribution is -2.43. The molecule has 0 aliphatic carbocycles. The van der Waals surface area contributed by atoms with Gasteiger partial charge in [-0.05, 0) is 37.6 Å². The molecule has 0 bridgehead atoms. The molecule has 1 unspecified atom stereocenters. The van der Waals surface area contributed by atoms with Gasteiger partial charge in [-0.25, -0.2) is 0 Å². The van der Waals surface area contributed by atoms with Gasteiger partial charge in [-0.1, -0.05) is 19.1 Å². The number of amides is 1. The summed E-state index contributed by atoms with van der Waals surface area (Å²) < 4.78 is 28.2. The first kappa shape index (κ1) is 16.3. The second-order valence-electron chi connectivity index (χ2n) is 4.41. The van der Waals surface area contributed by atoms with Crippen LogP contribution in [0.5, 0.6) is 5.75 Å². The van der Waals surface area contributed by atoms with Crippen molar-refractivity contribution in [3.8, 4) is 5.75 Å². The predicted molar refractivity (Wildman–Crippen MR) is 76.9 cm³/mol. The molecule has 1 rings (SSSR count). The minimum Gasteiger partial charge on any atom is -0.435 e. The van der Waals surface area contributed by atoms with Gasteiger partial charge in [-0.3, -0.25) is 4.79 Å². The molecule has 0 spiro atoms. The van der Waals surface area contributed by atoms with Crippen LogP contribution in [0.25, 0.3) is 0 Å². The SMILES string of the molecule is CCC(C)(C(=O)Nc1ccc(OC(F)F)cc1)C(N)=S. The van der Waals surface area contributed by atoms with E-state index < -0.39 is 12.0 Å². The first-order valence-electron chi connectivity index (χ1n) is 5.96. The van der Waals surface area contributed by atoms with E-state index in [9.17, 15) is 13.6 Å². The Bertz CT molecular complexity index is 494. The molecule has 1 amide bonds. The van der Waals surface area contributed by atoms with Gasteiger partial charge in [0.15, 0.2) is 0 Å². The van der Waals surface area contributed by atoms with Crippen molar-refractivity contribution < 1.29 is 18.3 Å². The Labute approximate surface area is 121 Å². The topological polar surface area (TPSA) is 64.3 Å². The number of rotatable bonds is 6. The zero-order chi connectivity index (χ0) is 15.3. The maximum Gasteiger partial charge on any atom is 0.387 e. The highest BCUT2D eigenvalue weighted by Crippen LogP contribution is 2.25. The molecule has 0 aliphatic rings. The maximum atomic E-state index is 12.1. The Balaban J connectivity index is 2.78. The number of thiocarbonyl (C=S) groups is 1. The zero-order valence-electron chi connectivity index (χ0n) is 11.2. The van der Waals surface area contributed by atoms with Crippen molar-refractivity contribution in [2.75, 3.05) is 5.32 Å². The third kappa shape index (κ3) is 3.86. The second kappa shape index (κ2) is 6.60. The van der Waals surface area contributed by atoms with Gasteiger partial charge in [-0.2, -0.15) is 8.78 Å². The number of carbonyl (C=O) groups excluding carboxylic acids is 1. The first-order chi connectivity index (χ1) is 9.29. The van der Waals surface area contributed by atoms with Gasteiger partial charge in [0, 0.05) is 5.69 Å². The molecule has 0 aliphatic heterocycles. The monoisotopic (exact) mass is 302 g/mol. The number of hydrogen-bond acceptors (Lipinski definition) is 3. The van der Waals surface area contributed by atoms with E-state index in [0.29, 0.717) is 12.1 Å². The molecule has 0 aromatic heterocycles. The molecule has 0 fully saturated rings. The van der Waals surface area contributed by atoms with Crippen molar-refractivity contribution in [3.05, 3.63) is 24.3 Å². The van der Waals surface area contributed by atoms with Crippen molar-refractivity contribution >= 4 is 28.8 Å². The molecule has 3 N–H and O–H groups in total. The predicted octanol–water partition coefficient (Wildman–Crippen LogP) is 2.93. The lowest BCUT2D eigenvalue weighted by Gasteiger charge is -2.25. The Morgan fingerprint density at radius 1 is 1.45 bits per heavy atom. The van der Waals surface area contributed by atoms with Crippen LogP contribution in [0, 0.1) is 5.41 Å². The number of halogens is 2. The van der Waals surface area contributed by atoms with Crippen LogP contribution in [0.1, 0.15) is 20.3 Å². The molecule has 0 saturated carbocycles. The third-order valence-electron chi connectivity index (χ3n) is 3.09. The van der Waals surface area contributed by atoms with Gasteiger partial charge in [0.25, 0.3) is 0 Å². The maximum absolute atomic E-state index is 12.1. The van der Waals surface area contributed by atoms with Gasteiger partial charge in [-0.15, -0.1) is 0 Å². The Hall–Kier alpha value is -1.76. The van der Waals surface area contributed by atoms with Crippen molar-refractivity contribution in [3.63, 3.8) is 0 Å². The number of alkyl halides is 2. The summed E-state index contributed by atoms with van der Waals surface area (Å²) >= 11 is 4.90. The molecule has 110 valence electrons. The normalized spacial score (nSPS) is 13.7. The molecule has 0 saturated heterocycles. The van der Waals surface area contributed by atoms with E-state index in [-0.39, 0.29) is 16.6 Å². The molecule has 4 nitrogen and oxygen atoms in total. The van der Waals surface area contributed by atoms with Crippen LogP contribution in [0.15, 0.2) is 24.3 Å². The lowest BCUT2D eigenvalue weighted by molar-refractivity contribution is -0.121. The molecule has 1 atom stereocenters. The van der Waals surface area contributed by atoms with Gasteiger partial charge >= 0.3 is 6.61 Å². The first-order valence-corrected chi connectivity index (χ1v) is 6.36. The third-order valence-corrected chi connectivity index (χ3v) is 3.54. The molecule has 1 aromatic rings. The zero-order valence-corrected chi connectivity index (χ0v) is 12.0. The fourth-order valence-electron chi connectivity index (χ4n) is 1.44. The summed E-state index contributed by atoms with van der Waals surface area (Å²) in [6.07, 6.45) is 0.459. The molecule has 7 heteroatoms. The molecule has 0 heterocycles. The average molecular weight is 302 g/mol. The highest BCUT2D eigenvalue weighted by atomic mass is 32.1. The summed E-state index contributed by atoms with van der Waals surface area (Å²) in [5.41, 5.74) is 5.08. The number of anilines is 1. The van der Waals surface area contributed by atoms with Gasteiger partial charge in [0.1, 0.15) is 5.75 Å². The molecule has 20 heavy (non-hydrogen) atoms. The van der Waals surface area contributed by atoms with Gasteiger partial charge < -0.3 is 15.8 Å².